The predicted molar refractivity (Wildman–Crippen MR) is 64.1 cm³/mol. The quantitative estimate of drug-likeness (QED) is 0.497. The fourth-order valence-electron chi connectivity index (χ4n) is 2.23. The zero-order chi connectivity index (χ0) is 12.8. The fourth-order valence-corrected chi connectivity index (χ4v) is 2.23. The summed E-state index contributed by atoms with van der Waals surface area (Å²) in [6.07, 6.45) is 2.61. The lowest BCUT2D eigenvalue weighted by atomic mass is 9.72. The van der Waals surface area contributed by atoms with Crippen molar-refractivity contribution in [3.05, 3.63) is 0 Å². The lowest BCUT2D eigenvalue weighted by Crippen LogP contribution is -2.42. The Kier molecular flexibility index (Phi) is 6.31. The summed E-state index contributed by atoms with van der Waals surface area (Å²) in [5, 5.41) is 0. The van der Waals surface area contributed by atoms with Gasteiger partial charge in [0.25, 0.3) is 0 Å². The molecule has 3 heteroatoms. The van der Waals surface area contributed by atoms with Crippen LogP contribution in [0, 0.1) is 11.3 Å². The Balaban J connectivity index is 5.18. The van der Waals surface area contributed by atoms with Crippen molar-refractivity contribution in [1.82, 2.24) is 0 Å². The highest BCUT2D eigenvalue weighted by Gasteiger charge is 2.45. The Morgan fingerprint density at radius 3 is 1.75 bits per heavy atom. The van der Waals surface area contributed by atoms with Gasteiger partial charge in [-0.1, -0.05) is 27.7 Å². The minimum atomic E-state index is -0.925. The van der Waals surface area contributed by atoms with Crippen LogP contribution in [-0.2, 0) is 14.3 Å². The number of carbonyl (C=O) groups is 2. The Bertz CT molecular complexity index is 238. The molecule has 0 aliphatic heterocycles. The van der Waals surface area contributed by atoms with Crippen molar-refractivity contribution in [2.45, 2.75) is 53.4 Å². The Morgan fingerprint density at radius 1 is 1.06 bits per heavy atom. The molecule has 0 N–H and O–H groups in total. The van der Waals surface area contributed by atoms with Crippen LogP contribution in [0.2, 0.25) is 0 Å². The predicted octanol–water partition coefficient (Wildman–Crippen LogP) is 2.97. The van der Waals surface area contributed by atoms with Crippen molar-refractivity contribution in [2.24, 2.45) is 11.3 Å². The molecule has 3 nitrogen and oxygen atoms in total. The number of carbonyl (C=O) groups excluding carboxylic acids is 2. The molecular formula is C13H24O3. The van der Waals surface area contributed by atoms with E-state index in [4.69, 9.17) is 4.74 Å². The second-order valence-electron chi connectivity index (χ2n) is 4.16. The van der Waals surface area contributed by atoms with Crippen molar-refractivity contribution >= 4 is 11.8 Å². The van der Waals surface area contributed by atoms with Gasteiger partial charge in [-0.25, -0.2) is 0 Å². The summed E-state index contributed by atoms with van der Waals surface area (Å²) >= 11 is 0. The first-order valence-electron chi connectivity index (χ1n) is 6.16. The monoisotopic (exact) mass is 228 g/mol. The normalized spacial score (nSPS) is 11.6. The molecule has 0 fully saturated rings. The van der Waals surface area contributed by atoms with Crippen LogP contribution < -0.4 is 0 Å². The smallest absolute Gasteiger partial charge is 0.319 e. The summed E-state index contributed by atoms with van der Waals surface area (Å²) in [5.74, 6) is -0.359. The third kappa shape index (κ3) is 2.63. The third-order valence-electron chi connectivity index (χ3n) is 3.61. The minimum Gasteiger partial charge on any atom is -0.468 e. The van der Waals surface area contributed by atoms with Crippen molar-refractivity contribution in [3.8, 4) is 0 Å². The van der Waals surface area contributed by atoms with Crippen LogP contribution in [0.15, 0.2) is 0 Å². The SMILES string of the molecule is CCC(CC)C(=O)C(CC)(CC)C(=O)OC. The van der Waals surface area contributed by atoms with E-state index in [-0.39, 0.29) is 17.7 Å². The first-order chi connectivity index (χ1) is 7.53. The van der Waals surface area contributed by atoms with Crippen LogP contribution in [0.3, 0.4) is 0 Å². The maximum atomic E-state index is 12.4. The van der Waals surface area contributed by atoms with Crippen molar-refractivity contribution in [2.75, 3.05) is 7.11 Å². The van der Waals surface area contributed by atoms with Gasteiger partial charge in [0.1, 0.15) is 5.41 Å². The largest absolute Gasteiger partial charge is 0.468 e. The van der Waals surface area contributed by atoms with Gasteiger partial charge in [-0.15, -0.1) is 0 Å². The molecule has 0 saturated carbocycles. The van der Waals surface area contributed by atoms with E-state index in [9.17, 15) is 9.59 Å². The van der Waals surface area contributed by atoms with Crippen LogP contribution in [0.25, 0.3) is 0 Å². The van der Waals surface area contributed by atoms with Gasteiger partial charge in [0.15, 0.2) is 5.78 Å². The van der Waals surface area contributed by atoms with Gasteiger partial charge in [0, 0.05) is 5.92 Å². The van der Waals surface area contributed by atoms with Crippen LogP contribution in [-0.4, -0.2) is 18.9 Å². The molecule has 0 aliphatic carbocycles. The summed E-state index contributed by atoms with van der Waals surface area (Å²) < 4.78 is 4.80. The van der Waals surface area contributed by atoms with Crippen LogP contribution in [0.1, 0.15) is 53.4 Å². The van der Waals surface area contributed by atoms with Crippen LogP contribution in [0.4, 0.5) is 0 Å². The van der Waals surface area contributed by atoms with Crippen molar-refractivity contribution in [3.63, 3.8) is 0 Å². The van der Waals surface area contributed by atoms with Crippen molar-refractivity contribution in [1.29, 1.82) is 0 Å². The molecule has 0 aromatic heterocycles. The lowest BCUT2D eigenvalue weighted by molar-refractivity contribution is -0.160. The molecule has 0 rings (SSSR count). The Labute approximate surface area is 98.6 Å². The molecule has 0 amide bonds. The number of hydrogen-bond donors (Lipinski definition) is 0. The molecule has 0 aliphatic rings. The van der Waals surface area contributed by atoms with Gasteiger partial charge >= 0.3 is 5.97 Å². The standard InChI is InChI=1S/C13H24O3/c1-6-10(7-2)11(14)13(8-3,9-4)12(15)16-5/h10H,6-9H2,1-5H3. The second kappa shape index (κ2) is 6.66. The van der Waals surface area contributed by atoms with Gasteiger partial charge in [-0.05, 0) is 25.7 Å². The molecule has 16 heavy (non-hydrogen) atoms. The minimum absolute atomic E-state index is 0.0287. The molecule has 0 aromatic carbocycles. The zero-order valence-electron chi connectivity index (χ0n) is 11.1. The maximum Gasteiger partial charge on any atom is 0.319 e. The lowest BCUT2D eigenvalue weighted by Gasteiger charge is -2.30. The second-order valence-corrected chi connectivity index (χ2v) is 4.16. The zero-order valence-corrected chi connectivity index (χ0v) is 11.1. The highest BCUT2D eigenvalue weighted by atomic mass is 16.5. The van der Waals surface area contributed by atoms with E-state index >= 15 is 0 Å². The van der Waals surface area contributed by atoms with Gasteiger partial charge in [0.2, 0.25) is 0 Å². The summed E-state index contributed by atoms with van der Waals surface area (Å²) in [5.41, 5.74) is -0.925. The highest BCUT2D eigenvalue weighted by molar-refractivity contribution is 6.04. The number of ether oxygens (including phenoxy) is 1. The van der Waals surface area contributed by atoms with E-state index in [1.807, 2.05) is 27.7 Å². The molecule has 0 heterocycles. The number of ketones is 1. The number of methoxy groups -OCH3 is 1. The molecule has 0 bridgehead atoms. The Morgan fingerprint density at radius 2 is 1.50 bits per heavy atom. The number of rotatable bonds is 7. The number of hydrogen-bond acceptors (Lipinski definition) is 3. The average Bonchev–Trinajstić information content (AvgIpc) is 2.32. The highest BCUT2D eigenvalue weighted by Crippen LogP contribution is 2.34. The summed E-state index contributed by atoms with van der Waals surface area (Å²) in [4.78, 5) is 24.2. The van der Waals surface area contributed by atoms with Gasteiger partial charge in [-0.3, -0.25) is 9.59 Å². The molecule has 94 valence electrons. The van der Waals surface area contributed by atoms with E-state index in [1.165, 1.54) is 7.11 Å². The molecule has 0 saturated heterocycles. The van der Waals surface area contributed by atoms with Gasteiger partial charge < -0.3 is 4.74 Å². The molecular weight excluding hydrogens is 204 g/mol. The third-order valence-corrected chi connectivity index (χ3v) is 3.61. The maximum absolute atomic E-state index is 12.4. The molecule has 0 radical (unpaired) electrons. The summed E-state index contributed by atoms with van der Waals surface area (Å²) in [6, 6.07) is 0. The van der Waals surface area contributed by atoms with Gasteiger partial charge in [0.05, 0.1) is 7.11 Å². The summed E-state index contributed by atoms with van der Waals surface area (Å²) in [6.45, 7) is 7.72. The number of Topliss-reactive ketones (excluding diaryl/α,β-unsaturated/α-hetero) is 1. The van der Waals surface area contributed by atoms with Crippen LogP contribution in [0.5, 0.6) is 0 Å². The van der Waals surface area contributed by atoms with Crippen LogP contribution >= 0.6 is 0 Å². The first kappa shape index (κ1) is 15.1. The van der Waals surface area contributed by atoms with E-state index in [0.717, 1.165) is 12.8 Å². The van der Waals surface area contributed by atoms with Crippen molar-refractivity contribution < 1.29 is 14.3 Å². The molecule has 0 aromatic rings. The summed E-state index contributed by atoms with van der Waals surface area (Å²) in [7, 11) is 1.35. The van der Waals surface area contributed by atoms with E-state index in [0.29, 0.717) is 12.8 Å². The first-order valence-corrected chi connectivity index (χ1v) is 6.16. The van der Waals surface area contributed by atoms with E-state index in [1.54, 1.807) is 0 Å². The average molecular weight is 228 g/mol. The number of esters is 1. The van der Waals surface area contributed by atoms with E-state index < -0.39 is 5.41 Å². The fraction of sp³-hybridized carbons (Fsp3) is 0.846. The molecule has 0 atom stereocenters. The topological polar surface area (TPSA) is 43.4 Å². The Hall–Kier alpha value is -0.860. The molecule has 0 spiro atoms. The van der Waals surface area contributed by atoms with Gasteiger partial charge in [-0.2, -0.15) is 0 Å². The molecule has 0 unspecified atom stereocenters. The van der Waals surface area contributed by atoms with E-state index in [2.05, 4.69) is 0 Å².